The summed E-state index contributed by atoms with van der Waals surface area (Å²) in [5.41, 5.74) is 3.08. The van der Waals surface area contributed by atoms with Gasteiger partial charge in [-0.1, -0.05) is 23.4 Å². The lowest BCUT2D eigenvalue weighted by Gasteiger charge is -2.14. The Bertz CT molecular complexity index is 901. The van der Waals surface area contributed by atoms with Gasteiger partial charge in [0, 0.05) is 21.9 Å². The largest absolute Gasteiger partial charge is 0.497 e. The molecule has 0 fully saturated rings. The monoisotopic (exact) mass is 355 g/mol. The van der Waals surface area contributed by atoms with Crippen LogP contribution in [0, 0.1) is 0 Å². The van der Waals surface area contributed by atoms with Crippen LogP contribution >= 0.6 is 23.4 Å². The quantitative estimate of drug-likeness (QED) is 0.688. The lowest BCUT2D eigenvalue weighted by Crippen LogP contribution is -2.07. The number of fused-ring (bicyclic) bond motifs is 1. The zero-order chi connectivity index (χ0) is 16.5. The maximum Gasteiger partial charge on any atom is 0.191 e. The standard InChI is InChI=1S/C18H14ClN3OS/c1-23-15-8-4-12(5-9-15)16-10-11-24-18-20-17(21-22(16)18)13-2-6-14(19)7-3-13/h2-10H,11H2,1H3. The van der Waals surface area contributed by atoms with Gasteiger partial charge in [-0.25, -0.2) is 9.67 Å². The Hall–Kier alpha value is -2.24. The second-order valence-electron chi connectivity index (χ2n) is 5.27. The third kappa shape index (κ3) is 2.81. The van der Waals surface area contributed by atoms with Crippen molar-refractivity contribution in [1.82, 2.24) is 14.8 Å². The summed E-state index contributed by atoms with van der Waals surface area (Å²) in [6, 6.07) is 15.6. The Morgan fingerprint density at radius 3 is 2.46 bits per heavy atom. The highest BCUT2D eigenvalue weighted by Crippen LogP contribution is 2.32. The molecule has 0 aliphatic carbocycles. The second-order valence-corrected chi connectivity index (χ2v) is 6.69. The van der Waals surface area contributed by atoms with Crippen molar-refractivity contribution in [1.29, 1.82) is 0 Å². The Kier molecular flexibility index (Phi) is 4.04. The number of nitrogens with zero attached hydrogens (tertiary/aromatic N) is 3. The highest BCUT2D eigenvalue weighted by Gasteiger charge is 2.19. The maximum atomic E-state index is 5.96. The van der Waals surface area contributed by atoms with Gasteiger partial charge in [-0.2, -0.15) is 0 Å². The minimum atomic E-state index is 0.704. The normalized spacial score (nSPS) is 13.3. The van der Waals surface area contributed by atoms with Crippen LogP contribution in [0.2, 0.25) is 5.02 Å². The van der Waals surface area contributed by atoms with E-state index in [0.29, 0.717) is 10.8 Å². The van der Waals surface area contributed by atoms with Crippen LogP contribution in [0.4, 0.5) is 0 Å². The summed E-state index contributed by atoms with van der Waals surface area (Å²) in [6.07, 6.45) is 2.17. The second kappa shape index (κ2) is 6.34. The summed E-state index contributed by atoms with van der Waals surface area (Å²) in [7, 11) is 1.67. The van der Waals surface area contributed by atoms with Crippen LogP contribution in [0.15, 0.2) is 59.8 Å². The molecule has 24 heavy (non-hydrogen) atoms. The topological polar surface area (TPSA) is 39.9 Å². The molecule has 0 saturated carbocycles. The molecule has 1 aromatic heterocycles. The number of thioether (sulfide) groups is 1. The number of methoxy groups -OCH3 is 1. The first-order chi connectivity index (χ1) is 11.7. The molecule has 0 amide bonds. The highest BCUT2D eigenvalue weighted by atomic mass is 35.5. The van der Waals surface area contributed by atoms with E-state index in [9.17, 15) is 0 Å². The van der Waals surface area contributed by atoms with Crippen molar-refractivity contribution in [2.75, 3.05) is 12.9 Å². The van der Waals surface area contributed by atoms with Crippen molar-refractivity contribution in [3.8, 4) is 17.1 Å². The van der Waals surface area contributed by atoms with Gasteiger partial charge in [-0.05, 0) is 54.6 Å². The molecule has 0 unspecified atom stereocenters. The summed E-state index contributed by atoms with van der Waals surface area (Å²) >= 11 is 7.63. The van der Waals surface area contributed by atoms with Crippen molar-refractivity contribution in [2.45, 2.75) is 5.16 Å². The van der Waals surface area contributed by atoms with E-state index in [1.54, 1.807) is 18.9 Å². The fraction of sp³-hybridized carbons (Fsp3) is 0.111. The molecular weight excluding hydrogens is 342 g/mol. The van der Waals surface area contributed by atoms with E-state index in [1.165, 1.54) is 0 Å². The molecule has 4 rings (SSSR count). The summed E-state index contributed by atoms with van der Waals surface area (Å²) in [5.74, 6) is 2.42. The van der Waals surface area contributed by atoms with Crippen LogP contribution in [-0.2, 0) is 0 Å². The summed E-state index contributed by atoms with van der Waals surface area (Å²) < 4.78 is 7.13. The molecule has 1 aliphatic heterocycles. The number of hydrogen-bond donors (Lipinski definition) is 0. The SMILES string of the molecule is COc1ccc(C2=CCSc3nc(-c4ccc(Cl)cc4)nn32)cc1. The average molecular weight is 356 g/mol. The molecule has 120 valence electrons. The molecule has 4 nitrogen and oxygen atoms in total. The predicted octanol–water partition coefficient (Wildman–Crippen LogP) is 4.60. The van der Waals surface area contributed by atoms with E-state index in [1.807, 2.05) is 53.2 Å². The lowest BCUT2D eigenvalue weighted by atomic mass is 10.1. The molecule has 2 heterocycles. The van der Waals surface area contributed by atoms with Crippen LogP contribution in [0.1, 0.15) is 5.56 Å². The molecule has 0 N–H and O–H groups in total. The third-order valence-corrected chi connectivity index (χ3v) is 4.89. The van der Waals surface area contributed by atoms with E-state index in [0.717, 1.165) is 33.5 Å². The Balaban J connectivity index is 1.73. The van der Waals surface area contributed by atoms with Crippen LogP contribution in [-0.4, -0.2) is 27.6 Å². The van der Waals surface area contributed by atoms with E-state index in [2.05, 4.69) is 11.1 Å². The van der Waals surface area contributed by atoms with Gasteiger partial charge in [0.1, 0.15) is 5.75 Å². The van der Waals surface area contributed by atoms with Crippen LogP contribution in [0.25, 0.3) is 17.1 Å². The van der Waals surface area contributed by atoms with Gasteiger partial charge in [0.25, 0.3) is 0 Å². The van der Waals surface area contributed by atoms with E-state index >= 15 is 0 Å². The van der Waals surface area contributed by atoms with Gasteiger partial charge in [-0.3, -0.25) is 0 Å². The van der Waals surface area contributed by atoms with E-state index < -0.39 is 0 Å². The van der Waals surface area contributed by atoms with Gasteiger partial charge in [0.2, 0.25) is 0 Å². The maximum absolute atomic E-state index is 5.96. The van der Waals surface area contributed by atoms with Crippen LogP contribution < -0.4 is 4.74 Å². The molecular formula is C18H14ClN3OS. The number of benzene rings is 2. The average Bonchev–Trinajstić information content (AvgIpc) is 3.06. The molecule has 3 aromatic rings. The van der Waals surface area contributed by atoms with Crippen molar-refractivity contribution < 1.29 is 4.74 Å². The molecule has 0 radical (unpaired) electrons. The minimum Gasteiger partial charge on any atom is -0.497 e. The number of aromatic nitrogens is 3. The molecule has 0 saturated heterocycles. The molecule has 0 spiro atoms. The first-order valence-corrected chi connectivity index (χ1v) is 8.82. The van der Waals surface area contributed by atoms with Gasteiger partial charge in [0.15, 0.2) is 11.0 Å². The van der Waals surface area contributed by atoms with Gasteiger partial charge >= 0.3 is 0 Å². The smallest absolute Gasteiger partial charge is 0.191 e. The third-order valence-electron chi connectivity index (χ3n) is 3.78. The fourth-order valence-electron chi connectivity index (χ4n) is 2.55. The highest BCUT2D eigenvalue weighted by molar-refractivity contribution is 7.99. The molecule has 6 heteroatoms. The summed E-state index contributed by atoms with van der Waals surface area (Å²) in [4.78, 5) is 4.67. The summed E-state index contributed by atoms with van der Waals surface area (Å²) in [6.45, 7) is 0. The molecule has 0 atom stereocenters. The lowest BCUT2D eigenvalue weighted by molar-refractivity contribution is 0.415. The van der Waals surface area contributed by atoms with E-state index in [-0.39, 0.29) is 0 Å². The number of halogens is 1. The number of hydrogen-bond acceptors (Lipinski definition) is 4. The first-order valence-electron chi connectivity index (χ1n) is 7.45. The fourth-order valence-corrected chi connectivity index (χ4v) is 3.48. The Morgan fingerprint density at radius 2 is 1.75 bits per heavy atom. The minimum absolute atomic E-state index is 0.704. The number of rotatable bonds is 3. The molecule has 2 aromatic carbocycles. The van der Waals surface area contributed by atoms with Crippen molar-refractivity contribution in [3.05, 3.63) is 65.2 Å². The Labute approximate surface area is 149 Å². The predicted molar refractivity (Wildman–Crippen MR) is 97.6 cm³/mol. The van der Waals surface area contributed by atoms with E-state index in [4.69, 9.17) is 21.4 Å². The summed E-state index contributed by atoms with van der Waals surface area (Å²) in [5, 5.41) is 6.29. The first kappa shape index (κ1) is 15.3. The van der Waals surface area contributed by atoms with Crippen molar-refractivity contribution >= 4 is 29.1 Å². The van der Waals surface area contributed by atoms with Crippen LogP contribution in [0.3, 0.4) is 0 Å². The Morgan fingerprint density at radius 1 is 1.04 bits per heavy atom. The number of ether oxygens (including phenoxy) is 1. The van der Waals surface area contributed by atoms with Gasteiger partial charge in [-0.15, -0.1) is 5.10 Å². The molecule has 1 aliphatic rings. The van der Waals surface area contributed by atoms with Crippen molar-refractivity contribution in [3.63, 3.8) is 0 Å². The van der Waals surface area contributed by atoms with Gasteiger partial charge in [0.05, 0.1) is 12.8 Å². The van der Waals surface area contributed by atoms with Crippen molar-refractivity contribution in [2.24, 2.45) is 0 Å². The zero-order valence-corrected chi connectivity index (χ0v) is 14.5. The molecule has 0 bridgehead atoms. The van der Waals surface area contributed by atoms with Crippen LogP contribution in [0.5, 0.6) is 5.75 Å². The zero-order valence-electron chi connectivity index (χ0n) is 12.9. The van der Waals surface area contributed by atoms with Gasteiger partial charge < -0.3 is 4.74 Å².